The summed E-state index contributed by atoms with van der Waals surface area (Å²) in [7, 11) is 1.56. The molecule has 0 aromatic heterocycles. The fraction of sp³-hybridized carbons (Fsp3) is 0.286. The first-order valence-corrected chi connectivity index (χ1v) is 9.60. The predicted octanol–water partition coefficient (Wildman–Crippen LogP) is 1.09. The molecule has 1 unspecified atom stereocenters. The van der Waals surface area contributed by atoms with Crippen molar-refractivity contribution in [2.75, 3.05) is 38.6 Å². The minimum atomic E-state index is -1.07. The fourth-order valence-corrected chi connectivity index (χ4v) is 3.24. The second-order valence-electron chi connectivity index (χ2n) is 6.67. The van der Waals surface area contributed by atoms with Gasteiger partial charge in [0.1, 0.15) is 5.75 Å². The van der Waals surface area contributed by atoms with Crippen LogP contribution in [0.2, 0.25) is 0 Å². The average Bonchev–Trinajstić information content (AvgIpc) is 3.23. The van der Waals surface area contributed by atoms with E-state index in [9.17, 15) is 14.4 Å². The summed E-state index contributed by atoms with van der Waals surface area (Å²) in [6.45, 7) is 0.964. The highest BCUT2D eigenvalue weighted by atomic mass is 16.5. The molecule has 4 amide bonds. The summed E-state index contributed by atoms with van der Waals surface area (Å²) in [5.41, 5.74) is 6.48. The maximum absolute atomic E-state index is 13.0. The number of nitrogens with two attached hydrogens (primary N) is 1. The van der Waals surface area contributed by atoms with Crippen LogP contribution in [0.4, 0.5) is 10.5 Å². The van der Waals surface area contributed by atoms with Crippen LogP contribution in [0.5, 0.6) is 5.75 Å². The molecule has 158 valence electrons. The second-order valence-corrected chi connectivity index (χ2v) is 6.67. The van der Waals surface area contributed by atoms with Gasteiger partial charge in [-0.3, -0.25) is 14.5 Å². The highest BCUT2D eigenvalue weighted by molar-refractivity contribution is 6.00. The normalized spacial score (nSPS) is 15.6. The number of methoxy groups -OCH3 is 1. The van der Waals surface area contributed by atoms with Crippen LogP contribution in [0.25, 0.3) is 0 Å². The monoisotopic (exact) mass is 411 g/mol. The molecule has 1 saturated heterocycles. The smallest absolute Gasteiger partial charge is 0.323 e. The molecular weight excluding hydrogens is 386 g/mol. The van der Waals surface area contributed by atoms with Crippen molar-refractivity contribution in [3.63, 3.8) is 0 Å². The lowest BCUT2D eigenvalue weighted by Crippen LogP contribution is -2.55. The molecule has 1 aliphatic rings. The number of nitrogens with zero attached hydrogens (tertiary/aromatic N) is 2. The van der Waals surface area contributed by atoms with Crippen molar-refractivity contribution in [3.8, 4) is 5.75 Å². The van der Waals surface area contributed by atoms with E-state index in [0.29, 0.717) is 17.0 Å². The van der Waals surface area contributed by atoms with Crippen molar-refractivity contribution in [1.29, 1.82) is 0 Å². The van der Waals surface area contributed by atoms with Gasteiger partial charge in [-0.05, 0) is 36.4 Å². The molecule has 1 heterocycles. The summed E-state index contributed by atoms with van der Waals surface area (Å²) >= 11 is 0. The molecule has 9 heteroatoms. The zero-order chi connectivity index (χ0) is 21.5. The minimum Gasteiger partial charge on any atom is -0.497 e. The Morgan fingerprint density at radius 2 is 1.70 bits per heavy atom. The largest absolute Gasteiger partial charge is 0.497 e. The molecule has 9 nitrogen and oxygen atoms in total. The number of benzene rings is 2. The highest BCUT2D eigenvalue weighted by Crippen LogP contribution is 2.21. The molecule has 0 spiro atoms. The number of nitrogens with one attached hydrogen (secondary N) is 2. The average molecular weight is 411 g/mol. The molecule has 30 heavy (non-hydrogen) atoms. The van der Waals surface area contributed by atoms with Crippen LogP contribution in [0.1, 0.15) is 10.4 Å². The maximum Gasteiger partial charge on any atom is 0.323 e. The SMILES string of the molecule is COc1ccc(NC(=O)N2CCN(C(=O)c3ccccc3)C2C(=O)NCCN)cc1. The van der Waals surface area contributed by atoms with Crippen molar-refractivity contribution < 1.29 is 19.1 Å². The van der Waals surface area contributed by atoms with Crippen LogP contribution in [-0.2, 0) is 4.79 Å². The number of urea groups is 1. The quantitative estimate of drug-likeness (QED) is 0.658. The molecular formula is C21H25N5O4. The molecule has 0 radical (unpaired) electrons. The molecule has 0 aliphatic carbocycles. The molecule has 0 saturated carbocycles. The second kappa shape index (κ2) is 9.75. The van der Waals surface area contributed by atoms with Gasteiger partial charge in [0, 0.05) is 37.4 Å². The summed E-state index contributed by atoms with van der Waals surface area (Å²) < 4.78 is 5.11. The van der Waals surface area contributed by atoms with E-state index in [1.165, 1.54) is 9.80 Å². The summed E-state index contributed by atoms with van der Waals surface area (Å²) in [4.78, 5) is 41.4. The Morgan fingerprint density at radius 1 is 1.03 bits per heavy atom. The van der Waals surface area contributed by atoms with Crippen molar-refractivity contribution in [2.24, 2.45) is 5.73 Å². The predicted molar refractivity (Wildman–Crippen MR) is 112 cm³/mol. The van der Waals surface area contributed by atoms with Crippen molar-refractivity contribution in [2.45, 2.75) is 6.17 Å². The van der Waals surface area contributed by atoms with E-state index in [0.717, 1.165) is 0 Å². The number of hydrogen-bond donors (Lipinski definition) is 3. The molecule has 0 bridgehead atoms. The first kappa shape index (κ1) is 21.1. The Hall–Kier alpha value is -3.59. The summed E-state index contributed by atoms with van der Waals surface area (Å²) in [5, 5.41) is 5.44. The number of hydrogen-bond acceptors (Lipinski definition) is 5. The van der Waals surface area contributed by atoms with Crippen LogP contribution in [-0.4, -0.2) is 67.1 Å². The highest BCUT2D eigenvalue weighted by Gasteiger charge is 2.42. The van der Waals surface area contributed by atoms with E-state index in [4.69, 9.17) is 10.5 Å². The van der Waals surface area contributed by atoms with Crippen molar-refractivity contribution in [1.82, 2.24) is 15.1 Å². The van der Waals surface area contributed by atoms with Gasteiger partial charge in [-0.2, -0.15) is 0 Å². The van der Waals surface area contributed by atoms with E-state index in [1.807, 2.05) is 0 Å². The Balaban J connectivity index is 1.80. The molecule has 1 atom stereocenters. The van der Waals surface area contributed by atoms with Gasteiger partial charge in [-0.15, -0.1) is 0 Å². The first-order valence-electron chi connectivity index (χ1n) is 9.60. The zero-order valence-electron chi connectivity index (χ0n) is 16.7. The van der Waals surface area contributed by atoms with Gasteiger partial charge in [0.2, 0.25) is 0 Å². The topological polar surface area (TPSA) is 117 Å². The van der Waals surface area contributed by atoms with E-state index in [2.05, 4.69) is 10.6 Å². The van der Waals surface area contributed by atoms with Gasteiger partial charge in [-0.25, -0.2) is 4.79 Å². The summed E-state index contributed by atoms with van der Waals surface area (Å²) in [5.74, 6) is -0.108. The Bertz CT molecular complexity index is 888. The van der Waals surface area contributed by atoms with Crippen LogP contribution in [0.15, 0.2) is 54.6 Å². The number of carbonyl (C=O) groups is 3. The lowest BCUT2D eigenvalue weighted by Gasteiger charge is -2.29. The summed E-state index contributed by atoms with van der Waals surface area (Å²) in [6, 6.07) is 15.0. The number of ether oxygens (including phenoxy) is 1. The molecule has 1 fully saturated rings. The summed E-state index contributed by atoms with van der Waals surface area (Å²) in [6.07, 6.45) is -1.07. The van der Waals surface area contributed by atoms with Crippen LogP contribution < -0.4 is 21.1 Å². The van der Waals surface area contributed by atoms with E-state index >= 15 is 0 Å². The van der Waals surface area contributed by atoms with Gasteiger partial charge in [-0.1, -0.05) is 18.2 Å². The van der Waals surface area contributed by atoms with Gasteiger partial charge in [0.25, 0.3) is 11.8 Å². The molecule has 2 aromatic rings. The van der Waals surface area contributed by atoms with Crippen molar-refractivity contribution >= 4 is 23.5 Å². The lowest BCUT2D eigenvalue weighted by atomic mass is 10.2. The zero-order valence-corrected chi connectivity index (χ0v) is 16.7. The number of carbonyl (C=O) groups excluding carboxylic acids is 3. The number of rotatable bonds is 6. The Labute approximate surface area is 174 Å². The Kier molecular flexibility index (Phi) is 6.87. The molecule has 4 N–H and O–H groups in total. The van der Waals surface area contributed by atoms with Crippen LogP contribution in [0.3, 0.4) is 0 Å². The number of anilines is 1. The maximum atomic E-state index is 13.0. The van der Waals surface area contributed by atoms with E-state index < -0.39 is 18.1 Å². The van der Waals surface area contributed by atoms with Gasteiger partial charge in [0.05, 0.1) is 7.11 Å². The van der Waals surface area contributed by atoms with E-state index in [1.54, 1.807) is 61.7 Å². The Morgan fingerprint density at radius 3 is 2.33 bits per heavy atom. The third-order valence-corrected chi connectivity index (χ3v) is 4.73. The van der Waals surface area contributed by atoms with Gasteiger partial charge >= 0.3 is 6.03 Å². The third kappa shape index (κ3) is 4.69. The fourth-order valence-electron chi connectivity index (χ4n) is 3.24. The van der Waals surface area contributed by atoms with Crippen LogP contribution >= 0.6 is 0 Å². The number of amides is 4. The van der Waals surface area contributed by atoms with Crippen LogP contribution in [0, 0.1) is 0 Å². The first-order chi connectivity index (χ1) is 14.5. The minimum absolute atomic E-state index is 0.223. The third-order valence-electron chi connectivity index (χ3n) is 4.73. The standard InChI is InChI=1S/C21H25N5O4/c1-30-17-9-7-16(8-10-17)24-21(29)26-14-13-25(19(26)18(27)23-12-11-22)20(28)15-5-3-2-4-6-15/h2-10,19H,11-14,22H2,1H3,(H,23,27)(H,24,29). The van der Waals surface area contributed by atoms with E-state index in [-0.39, 0.29) is 32.1 Å². The molecule has 1 aliphatic heterocycles. The lowest BCUT2D eigenvalue weighted by molar-refractivity contribution is -0.127. The molecule has 3 rings (SSSR count). The van der Waals surface area contributed by atoms with Crippen molar-refractivity contribution in [3.05, 3.63) is 60.2 Å². The van der Waals surface area contributed by atoms with Gasteiger partial charge in [0.15, 0.2) is 6.17 Å². The molecule has 2 aromatic carbocycles. The van der Waals surface area contributed by atoms with Gasteiger partial charge < -0.3 is 26.0 Å².